The molecule has 0 aromatic heterocycles. The molecule has 0 aromatic rings. The summed E-state index contributed by atoms with van der Waals surface area (Å²) in [7, 11) is 3.91. The average Bonchev–Trinajstić information content (AvgIpc) is 2.38. The van der Waals surface area contributed by atoms with Crippen LogP contribution in [0, 0.1) is 11.3 Å². The first kappa shape index (κ1) is 19.7. The molecule has 0 aliphatic rings. The highest BCUT2D eigenvalue weighted by molar-refractivity contribution is 5.78. The van der Waals surface area contributed by atoms with Crippen molar-refractivity contribution < 1.29 is 14.7 Å². The highest BCUT2D eigenvalue weighted by Gasteiger charge is 2.35. The number of carboxylic acids is 1. The van der Waals surface area contributed by atoms with Crippen LogP contribution in [-0.4, -0.2) is 55.2 Å². The van der Waals surface area contributed by atoms with Crippen molar-refractivity contribution in [1.29, 1.82) is 0 Å². The molecule has 0 fully saturated rings. The van der Waals surface area contributed by atoms with Gasteiger partial charge in [0.25, 0.3) is 0 Å². The largest absolute Gasteiger partial charge is 0.481 e. The van der Waals surface area contributed by atoms with Gasteiger partial charge in [-0.1, -0.05) is 27.7 Å². The van der Waals surface area contributed by atoms with E-state index in [2.05, 4.69) is 10.6 Å². The van der Waals surface area contributed by atoms with Gasteiger partial charge in [0.1, 0.15) is 0 Å². The second-order valence-corrected chi connectivity index (χ2v) is 6.23. The van der Waals surface area contributed by atoms with Crippen LogP contribution in [0.25, 0.3) is 0 Å². The molecule has 0 heterocycles. The minimum Gasteiger partial charge on any atom is -0.481 e. The molecular formula is C15H31N3O3. The summed E-state index contributed by atoms with van der Waals surface area (Å²) in [6, 6.07) is -0.273. The summed E-state index contributed by atoms with van der Waals surface area (Å²) in [5.74, 6) is -0.554. The van der Waals surface area contributed by atoms with Crippen molar-refractivity contribution in [3.8, 4) is 0 Å². The summed E-state index contributed by atoms with van der Waals surface area (Å²) in [5, 5.41) is 15.0. The van der Waals surface area contributed by atoms with E-state index in [1.807, 2.05) is 46.7 Å². The van der Waals surface area contributed by atoms with Gasteiger partial charge < -0.3 is 20.6 Å². The molecule has 0 saturated heterocycles. The molecule has 1 unspecified atom stereocenters. The Kier molecular flexibility index (Phi) is 8.32. The lowest BCUT2D eigenvalue weighted by Gasteiger charge is -2.29. The van der Waals surface area contributed by atoms with Gasteiger partial charge in [0.2, 0.25) is 0 Å². The molecule has 0 radical (unpaired) electrons. The number of hydrogen-bond acceptors (Lipinski definition) is 3. The Hall–Kier alpha value is -1.30. The average molecular weight is 301 g/mol. The van der Waals surface area contributed by atoms with Crippen molar-refractivity contribution in [3.63, 3.8) is 0 Å². The summed E-state index contributed by atoms with van der Waals surface area (Å²) < 4.78 is 0. The van der Waals surface area contributed by atoms with E-state index in [-0.39, 0.29) is 18.6 Å². The van der Waals surface area contributed by atoms with Crippen LogP contribution < -0.4 is 10.6 Å². The number of amides is 2. The normalized spacial score (nSPS) is 13.3. The zero-order valence-corrected chi connectivity index (χ0v) is 14.2. The van der Waals surface area contributed by atoms with Gasteiger partial charge in [0.05, 0.1) is 5.41 Å². The quantitative estimate of drug-likeness (QED) is 0.606. The van der Waals surface area contributed by atoms with E-state index in [9.17, 15) is 14.7 Å². The van der Waals surface area contributed by atoms with E-state index >= 15 is 0 Å². The fraction of sp³-hybridized carbons (Fsp3) is 0.867. The maximum Gasteiger partial charge on any atom is 0.315 e. The third-order valence-corrected chi connectivity index (χ3v) is 4.08. The van der Waals surface area contributed by atoms with Gasteiger partial charge in [-0.3, -0.25) is 4.79 Å². The van der Waals surface area contributed by atoms with Crippen molar-refractivity contribution >= 4 is 12.0 Å². The number of aliphatic carboxylic acids is 1. The van der Waals surface area contributed by atoms with Crippen molar-refractivity contribution in [2.24, 2.45) is 11.3 Å². The minimum atomic E-state index is -0.883. The van der Waals surface area contributed by atoms with Crippen molar-refractivity contribution in [3.05, 3.63) is 0 Å². The third-order valence-electron chi connectivity index (χ3n) is 4.08. The lowest BCUT2D eigenvalue weighted by molar-refractivity contribution is -0.149. The second kappa shape index (κ2) is 8.87. The molecule has 0 spiro atoms. The first-order valence-corrected chi connectivity index (χ1v) is 7.61. The van der Waals surface area contributed by atoms with E-state index in [0.717, 1.165) is 6.54 Å². The summed E-state index contributed by atoms with van der Waals surface area (Å²) in [4.78, 5) is 25.4. The van der Waals surface area contributed by atoms with Gasteiger partial charge >= 0.3 is 12.0 Å². The van der Waals surface area contributed by atoms with Crippen LogP contribution in [0.5, 0.6) is 0 Å². The number of carboxylic acid groups (broad SMARTS) is 1. The van der Waals surface area contributed by atoms with Gasteiger partial charge in [0.15, 0.2) is 0 Å². The number of carbonyl (C=O) groups excluding carboxylic acids is 1. The smallest absolute Gasteiger partial charge is 0.315 e. The second-order valence-electron chi connectivity index (χ2n) is 6.23. The Morgan fingerprint density at radius 2 is 1.71 bits per heavy atom. The molecule has 1 atom stereocenters. The monoisotopic (exact) mass is 301 g/mol. The Bertz CT molecular complexity index is 339. The first-order valence-electron chi connectivity index (χ1n) is 7.61. The van der Waals surface area contributed by atoms with Crippen LogP contribution in [0.1, 0.15) is 40.5 Å². The maximum absolute atomic E-state index is 12.0. The molecule has 0 aliphatic carbocycles. The molecular weight excluding hydrogens is 270 g/mol. The van der Waals surface area contributed by atoms with Gasteiger partial charge in [-0.05, 0) is 32.9 Å². The summed E-state index contributed by atoms with van der Waals surface area (Å²) in [6.07, 6.45) is 0.981. The summed E-state index contributed by atoms with van der Waals surface area (Å²) in [6.45, 7) is 8.66. The number of nitrogens with one attached hydrogen (secondary N) is 2. The van der Waals surface area contributed by atoms with Crippen LogP contribution in [0.4, 0.5) is 4.79 Å². The highest BCUT2D eigenvalue weighted by Crippen LogP contribution is 2.25. The minimum absolute atomic E-state index is 0.0301. The Morgan fingerprint density at radius 1 is 1.19 bits per heavy atom. The van der Waals surface area contributed by atoms with Crippen LogP contribution in [0.2, 0.25) is 0 Å². The number of carbonyl (C=O) groups is 2. The zero-order chi connectivity index (χ0) is 16.6. The van der Waals surface area contributed by atoms with Gasteiger partial charge in [0, 0.05) is 19.1 Å². The Morgan fingerprint density at radius 3 is 2.05 bits per heavy atom. The summed E-state index contributed by atoms with van der Waals surface area (Å²) >= 11 is 0. The number of nitrogens with zero attached hydrogens (tertiary/aromatic N) is 1. The lowest BCUT2D eigenvalue weighted by atomic mass is 9.82. The highest BCUT2D eigenvalue weighted by atomic mass is 16.4. The van der Waals surface area contributed by atoms with Crippen LogP contribution >= 0.6 is 0 Å². The van der Waals surface area contributed by atoms with Gasteiger partial charge in [-0.15, -0.1) is 0 Å². The Labute approximate surface area is 128 Å². The van der Waals surface area contributed by atoms with E-state index < -0.39 is 11.4 Å². The molecule has 124 valence electrons. The third kappa shape index (κ3) is 6.33. The number of likely N-dealkylation sites (N-methyl/N-ethyl adjacent to an activating group) is 1. The number of hydrogen-bond donors (Lipinski definition) is 3. The van der Waals surface area contributed by atoms with Crippen molar-refractivity contribution in [2.75, 3.05) is 27.2 Å². The lowest BCUT2D eigenvalue weighted by Crippen LogP contribution is -2.51. The van der Waals surface area contributed by atoms with Crippen LogP contribution in [0.3, 0.4) is 0 Å². The molecule has 21 heavy (non-hydrogen) atoms. The maximum atomic E-state index is 12.0. The van der Waals surface area contributed by atoms with E-state index in [4.69, 9.17) is 0 Å². The molecule has 6 nitrogen and oxygen atoms in total. The topological polar surface area (TPSA) is 81.7 Å². The molecule has 0 rings (SSSR count). The van der Waals surface area contributed by atoms with E-state index in [1.54, 1.807) is 0 Å². The SMILES string of the molecule is CCC(CC)(CNC(=O)NC(CN(C)C)C(C)C)C(=O)O. The van der Waals surface area contributed by atoms with Crippen LogP contribution in [0.15, 0.2) is 0 Å². The Balaban J connectivity index is 4.57. The first-order chi connectivity index (χ1) is 9.68. The molecule has 3 N–H and O–H groups in total. The predicted molar refractivity (Wildman–Crippen MR) is 84.4 cm³/mol. The fourth-order valence-corrected chi connectivity index (χ4v) is 2.16. The zero-order valence-electron chi connectivity index (χ0n) is 14.2. The predicted octanol–water partition coefficient (Wildman–Crippen LogP) is 1.76. The van der Waals surface area contributed by atoms with Crippen molar-refractivity contribution in [2.45, 2.75) is 46.6 Å². The van der Waals surface area contributed by atoms with Gasteiger partial charge in [-0.2, -0.15) is 0 Å². The van der Waals surface area contributed by atoms with E-state index in [0.29, 0.717) is 18.8 Å². The molecule has 0 aliphatic heterocycles. The van der Waals surface area contributed by atoms with Crippen molar-refractivity contribution in [1.82, 2.24) is 15.5 Å². The standard InChI is InChI=1S/C15H31N3O3/c1-7-15(8-2,13(19)20)10-16-14(21)17-12(11(3)4)9-18(5)6/h11-12H,7-10H2,1-6H3,(H,19,20)(H2,16,17,21). The number of urea groups is 1. The fourth-order valence-electron chi connectivity index (χ4n) is 2.16. The molecule has 0 bridgehead atoms. The molecule has 6 heteroatoms. The van der Waals surface area contributed by atoms with E-state index in [1.165, 1.54) is 0 Å². The van der Waals surface area contributed by atoms with Crippen LogP contribution in [-0.2, 0) is 4.79 Å². The molecule has 2 amide bonds. The molecule has 0 saturated carbocycles. The summed E-state index contributed by atoms with van der Waals surface area (Å²) in [5.41, 5.74) is -0.883. The molecule has 0 aromatic carbocycles. The van der Waals surface area contributed by atoms with Gasteiger partial charge in [-0.25, -0.2) is 4.79 Å². The number of rotatable bonds is 9.